The highest BCUT2D eigenvalue weighted by molar-refractivity contribution is 5.70. The van der Waals surface area contributed by atoms with Crippen LogP contribution in [0.1, 0.15) is 45.5 Å². The van der Waals surface area contributed by atoms with E-state index >= 15 is 0 Å². The first-order chi connectivity index (χ1) is 8.88. The van der Waals surface area contributed by atoms with Crippen molar-refractivity contribution in [3.63, 3.8) is 0 Å². The van der Waals surface area contributed by atoms with E-state index in [4.69, 9.17) is 10.7 Å². The third kappa shape index (κ3) is 2.03. The molecule has 2 heterocycles. The molecule has 1 aliphatic rings. The van der Waals surface area contributed by atoms with Gasteiger partial charge in [0.1, 0.15) is 17.3 Å². The molecule has 0 unspecified atom stereocenters. The molecule has 1 aliphatic carbocycles. The van der Waals surface area contributed by atoms with Gasteiger partial charge in [0.05, 0.1) is 6.20 Å². The predicted molar refractivity (Wildman–Crippen MR) is 75.8 cm³/mol. The number of aromatic nitrogens is 4. The second-order valence-corrected chi connectivity index (χ2v) is 6.42. The van der Waals surface area contributed by atoms with E-state index in [2.05, 4.69) is 30.4 Å². The molecule has 102 valence electrons. The molecule has 5 heteroatoms. The molecular formula is C14H21N5. The lowest BCUT2D eigenvalue weighted by Crippen LogP contribution is -2.19. The molecule has 0 spiro atoms. The highest BCUT2D eigenvalue weighted by atomic mass is 15.2. The summed E-state index contributed by atoms with van der Waals surface area (Å²) in [5.74, 6) is 1.85. The van der Waals surface area contributed by atoms with Gasteiger partial charge in [-0.05, 0) is 12.8 Å². The van der Waals surface area contributed by atoms with Gasteiger partial charge in [-0.15, -0.1) is 0 Å². The Hall–Kier alpha value is -1.78. The average Bonchev–Trinajstić information content (AvgIpc) is 2.95. The molecule has 5 nitrogen and oxygen atoms in total. The summed E-state index contributed by atoms with van der Waals surface area (Å²) >= 11 is 0. The smallest absolute Gasteiger partial charge is 0.132 e. The molecule has 0 saturated heterocycles. The Morgan fingerprint density at radius 3 is 2.47 bits per heavy atom. The molecule has 3 rings (SSSR count). The van der Waals surface area contributed by atoms with Crippen molar-refractivity contribution in [2.24, 2.45) is 7.05 Å². The Balaban J connectivity index is 2.16. The first kappa shape index (κ1) is 12.3. The Bertz CT molecular complexity index is 610. The van der Waals surface area contributed by atoms with Gasteiger partial charge in [0, 0.05) is 30.3 Å². The zero-order valence-corrected chi connectivity index (χ0v) is 12.0. The highest BCUT2D eigenvalue weighted by Gasteiger charge is 2.34. The van der Waals surface area contributed by atoms with Crippen LogP contribution in [0.25, 0.3) is 11.3 Å². The van der Waals surface area contributed by atoms with Crippen molar-refractivity contribution < 1.29 is 0 Å². The standard InChI is InChI=1S/C14H21N5/c1-14(2,3)13-17-11(9-7-16-18(4)8-9)12(15)19(13)10-5-6-10/h7-8,10H,5-6,15H2,1-4H3. The van der Waals surface area contributed by atoms with E-state index in [1.54, 1.807) is 4.68 Å². The van der Waals surface area contributed by atoms with Crippen LogP contribution in [0, 0.1) is 0 Å². The van der Waals surface area contributed by atoms with Gasteiger partial charge in [0.2, 0.25) is 0 Å². The van der Waals surface area contributed by atoms with Gasteiger partial charge in [-0.2, -0.15) is 5.10 Å². The summed E-state index contributed by atoms with van der Waals surface area (Å²) in [4.78, 5) is 4.81. The van der Waals surface area contributed by atoms with Crippen LogP contribution in [-0.4, -0.2) is 19.3 Å². The van der Waals surface area contributed by atoms with Gasteiger partial charge in [-0.1, -0.05) is 20.8 Å². The highest BCUT2D eigenvalue weighted by Crippen LogP contribution is 2.43. The summed E-state index contributed by atoms with van der Waals surface area (Å²) < 4.78 is 4.00. The molecule has 2 aromatic rings. The summed E-state index contributed by atoms with van der Waals surface area (Å²) in [5.41, 5.74) is 8.20. The van der Waals surface area contributed by atoms with E-state index in [-0.39, 0.29) is 5.41 Å². The number of nitrogens with two attached hydrogens (primary N) is 1. The van der Waals surface area contributed by atoms with E-state index in [0.29, 0.717) is 6.04 Å². The summed E-state index contributed by atoms with van der Waals surface area (Å²) in [6, 6.07) is 0.534. The fourth-order valence-corrected chi connectivity index (χ4v) is 2.43. The van der Waals surface area contributed by atoms with Crippen LogP contribution in [-0.2, 0) is 12.5 Å². The van der Waals surface area contributed by atoms with E-state index < -0.39 is 0 Å². The summed E-state index contributed by atoms with van der Waals surface area (Å²) in [6.07, 6.45) is 6.19. The van der Waals surface area contributed by atoms with Crippen molar-refractivity contribution in [1.82, 2.24) is 19.3 Å². The monoisotopic (exact) mass is 259 g/mol. The second-order valence-electron chi connectivity index (χ2n) is 6.42. The number of anilines is 1. The lowest BCUT2D eigenvalue weighted by Gasteiger charge is -2.20. The molecule has 1 fully saturated rings. The Morgan fingerprint density at radius 2 is 2.00 bits per heavy atom. The molecular weight excluding hydrogens is 238 g/mol. The van der Waals surface area contributed by atoms with Crippen LogP contribution in [0.4, 0.5) is 5.82 Å². The molecule has 19 heavy (non-hydrogen) atoms. The third-order valence-corrected chi connectivity index (χ3v) is 3.51. The molecule has 0 bridgehead atoms. The molecule has 0 radical (unpaired) electrons. The zero-order chi connectivity index (χ0) is 13.8. The van der Waals surface area contributed by atoms with Crippen LogP contribution in [0.2, 0.25) is 0 Å². The topological polar surface area (TPSA) is 61.7 Å². The third-order valence-electron chi connectivity index (χ3n) is 3.51. The first-order valence-corrected chi connectivity index (χ1v) is 6.75. The molecule has 0 aromatic carbocycles. The Kier molecular flexibility index (Phi) is 2.49. The van der Waals surface area contributed by atoms with Crippen LogP contribution >= 0.6 is 0 Å². The largest absolute Gasteiger partial charge is 0.383 e. The lowest BCUT2D eigenvalue weighted by atomic mass is 9.95. The van der Waals surface area contributed by atoms with E-state index in [1.165, 1.54) is 12.8 Å². The number of nitrogens with zero attached hydrogens (tertiary/aromatic N) is 4. The molecule has 2 N–H and O–H groups in total. The Labute approximate surface area is 113 Å². The van der Waals surface area contributed by atoms with Gasteiger partial charge in [-0.3, -0.25) is 4.68 Å². The maximum absolute atomic E-state index is 6.35. The molecule has 0 amide bonds. The maximum Gasteiger partial charge on any atom is 0.132 e. The molecule has 0 atom stereocenters. The number of hydrogen-bond donors (Lipinski definition) is 1. The van der Waals surface area contributed by atoms with Crippen molar-refractivity contribution in [2.75, 3.05) is 5.73 Å². The van der Waals surface area contributed by atoms with E-state index in [0.717, 1.165) is 22.9 Å². The van der Waals surface area contributed by atoms with Gasteiger partial charge in [0.15, 0.2) is 0 Å². The molecule has 2 aromatic heterocycles. The van der Waals surface area contributed by atoms with Crippen LogP contribution in [0.15, 0.2) is 12.4 Å². The van der Waals surface area contributed by atoms with Gasteiger partial charge in [0.25, 0.3) is 0 Å². The van der Waals surface area contributed by atoms with Crippen molar-refractivity contribution in [3.05, 3.63) is 18.2 Å². The van der Waals surface area contributed by atoms with Crippen molar-refractivity contribution >= 4 is 5.82 Å². The van der Waals surface area contributed by atoms with Crippen molar-refractivity contribution in [1.29, 1.82) is 0 Å². The van der Waals surface area contributed by atoms with E-state index in [9.17, 15) is 0 Å². The molecule has 0 aliphatic heterocycles. The minimum Gasteiger partial charge on any atom is -0.383 e. The summed E-state index contributed by atoms with van der Waals surface area (Å²) in [7, 11) is 1.91. The minimum atomic E-state index is -0.00281. The van der Waals surface area contributed by atoms with Gasteiger partial charge >= 0.3 is 0 Å². The Morgan fingerprint density at radius 1 is 1.32 bits per heavy atom. The summed E-state index contributed by atoms with van der Waals surface area (Å²) in [6.45, 7) is 6.54. The van der Waals surface area contributed by atoms with E-state index in [1.807, 2.05) is 19.4 Å². The fraction of sp³-hybridized carbons (Fsp3) is 0.571. The van der Waals surface area contributed by atoms with Gasteiger partial charge < -0.3 is 10.3 Å². The number of imidazole rings is 1. The second kappa shape index (κ2) is 3.85. The average molecular weight is 259 g/mol. The van der Waals surface area contributed by atoms with Crippen LogP contribution in [0.3, 0.4) is 0 Å². The molecule has 1 saturated carbocycles. The number of aryl methyl sites for hydroxylation is 1. The number of hydrogen-bond acceptors (Lipinski definition) is 3. The van der Waals surface area contributed by atoms with Crippen molar-refractivity contribution in [2.45, 2.75) is 45.1 Å². The lowest BCUT2D eigenvalue weighted by molar-refractivity contribution is 0.504. The number of nitrogen functional groups attached to an aromatic ring is 1. The quantitative estimate of drug-likeness (QED) is 0.901. The maximum atomic E-state index is 6.35. The minimum absolute atomic E-state index is 0.00281. The summed E-state index contributed by atoms with van der Waals surface area (Å²) in [5, 5.41) is 4.21. The fourth-order valence-electron chi connectivity index (χ4n) is 2.43. The van der Waals surface area contributed by atoms with Crippen molar-refractivity contribution in [3.8, 4) is 11.3 Å². The van der Waals surface area contributed by atoms with Crippen LogP contribution < -0.4 is 5.73 Å². The van der Waals surface area contributed by atoms with Gasteiger partial charge in [-0.25, -0.2) is 4.98 Å². The zero-order valence-electron chi connectivity index (χ0n) is 12.0. The first-order valence-electron chi connectivity index (χ1n) is 6.75. The number of rotatable bonds is 2. The SMILES string of the molecule is Cn1cc(-c2nc(C(C)(C)C)n(C3CC3)c2N)cn1. The normalized spacial score (nSPS) is 16.0. The predicted octanol–water partition coefficient (Wildman–Crippen LogP) is 2.50. The van der Waals surface area contributed by atoms with Crippen LogP contribution in [0.5, 0.6) is 0 Å².